The zero-order chi connectivity index (χ0) is 12.3. The fourth-order valence-corrected chi connectivity index (χ4v) is 2.58. The van der Waals surface area contributed by atoms with Crippen LogP contribution < -0.4 is 5.32 Å². The Hall–Kier alpha value is -0.120. The van der Waals surface area contributed by atoms with Gasteiger partial charge >= 0.3 is 0 Å². The van der Waals surface area contributed by atoms with Gasteiger partial charge in [-0.2, -0.15) is 0 Å². The van der Waals surface area contributed by atoms with Crippen LogP contribution in [0.15, 0.2) is 0 Å². The summed E-state index contributed by atoms with van der Waals surface area (Å²) in [5.41, 5.74) is 0.549. The first-order chi connectivity index (χ1) is 8.11. The van der Waals surface area contributed by atoms with E-state index in [4.69, 9.17) is 0 Å². The molecule has 0 bridgehead atoms. The highest BCUT2D eigenvalue weighted by molar-refractivity contribution is 4.84. The Morgan fingerprint density at radius 1 is 1.35 bits per heavy atom. The van der Waals surface area contributed by atoms with Crippen molar-refractivity contribution in [2.75, 3.05) is 26.2 Å². The Morgan fingerprint density at radius 3 is 2.53 bits per heavy atom. The van der Waals surface area contributed by atoms with Gasteiger partial charge < -0.3 is 15.3 Å². The van der Waals surface area contributed by atoms with E-state index in [2.05, 4.69) is 24.1 Å². The first kappa shape index (κ1) is 13.3. The summed E-state index contributed by atoms with van der Waals surface area (Å²) in [6.07, 6.45) is 6.25. The average Bonchev–Trinajstić information content (AvgIpc) is 3.14. The molecule has 0 spiro atoms. The van der Waals surface area contributed by atoms with Gasteiger partial charge in [0, 0.05) is 19.1 Å². The van der Waals surface area contributed by atoms with Crippen molar-refractivity contribution in [1.29, 1.82) is 0 Å². The summed E-state index contributed by atoms with van der Waals surface area (Å²) in [6, 6.07) is 0.703. The van der Waals surface area contributed by atoms with Crippen molar-refractivity contribution < 1.29 is 5.11 Å². The highest BCUT2D eigenvalue weighted by Gasteiger charge is 2.29. The lowest BCUT2D eigenvalue weighted by Crippen LogP contribution is -2.44. The van der Waals surface area contributed by atoms with Crippen molar-refractivity contribution in [2.45, 2.75) is 58.1 Å². The fraction of sp³-hybridized carbons (Fsp3) is 1.00. The minimum Gasteiger partial charge on any atom is -0.390 e. The first-order valence-electron chi connectivity index (χ1n) is 7.25. The Morgan fingerprint density at radius 2 is 2.00 bits per heavy atom. The molecule has 1 aliphatic carbocycles. The van der Waals surface area contributed by atoms with E-state index in [1.54, 1.807) is 0 Å². The molecule has 1 atom stereocenters. The Balaban J connectivity index is 1.62. The number of β-amino-alcohol motifs (C(OH)–C–C–N with tert-alkyl or cyclic N) is 1. The Kier molecular flexibility index (Phi) is 4.45. The van der Waals surface area contributed by atoms with Crippen LogP contribution in [-0.4, -0.2) is 48.3 Å². The zero-order valence-corrected chi connectivity index (χ0v) is 11.4. The number of nitrogens with one attached hydrogen (secondary N) is 1. The summed E-state index contributed by atoms with van der Waals surface area (Å²) >= 11 is 0. The molecule has 100 valence electrons. The molecule has 1 saturated heterocycles. The molecule has 1 heterocycles. The van der Waals surface area contributed by atoms with Gasteiger partial charge in [0.1, 0.15) is 0 Å². The van der Waals surface area contributed by atoms with Crippen LogP contribution in [0.1, 0.15) is 46.0 Å². The molecule has 1 saturated carbocycles. The van der Waals surface area contributed by atoms with Crippen molar-refractivity contribution >= 4 is 0 Å². The topological polar surface area (TPSA) is 35.5 Å². The maximum absolute atomic E-state index is 9.96. The SMILES string of the molecule is CCC1(C)CCN(CC(O)CNC2CC2)CC1. The normalized spacial score (nSPS) is 27.0. The second-order valence-corrected chi connectivity index (χ2v) is 6.30. The summed E-state index contributed by atoms with van der Waals surface area (Å²) < 4.78 is 0. The maximum atomic E-state index is 9.96. The lowest BCUT2D eigenvalue weighted by molar-refractivity contribution is 0.0627. The monoisotopic (exact) mass is 240 g/mol. The van der Waals surface area contributed by atoms with Crippen molar-refractivity contribution in [2.24, 2.45) is 5.41 Å². The Labute approximate surface area is 106 Å². The number of rotatable bonds is 6. The van der Waals surface area contributed by atoms with E-state index in [-0.39, 0.29) is 6.10 Å². The maximum Gasteiger partial charge on any atom is 0.0791 e. The first-order valence-corrected chi connectivity index (χ1v) is 7.25. The summed E-state index contributed by atoms with van der Waals surface area (Å²) in [4.78, 5) is 2.43. The van der Waals surface area contributed by atoms with E-state index in [1.807, 2.05) is 0 Å². The summed E-state index contributed by atoms with van der Waals surface area (Å²) in [7, 11) is 0. The average molecular weight is 240 g/mol. The smallest absolute Gasteiger partial charge is 0.0791 e. The van der Waals surface area contributed by atoms with E-state index in [9.17, 15) is 5.11 Å². The minimum atomic E-state index is -0.193. The quantitative estimate of drug-likeness (QED) is 0.740. The number of aliphatic hydroxyl groups excluding tert-OH is 1. The molecule has 0 aromatic rings. The number of likely N-dealkylation sites (tertiary alicyclic amines) is 1. The van der Waals surface area contributed by atoms with Gasteiger partial charge in [0.2, 0.25) is 0 Å². The van der Waals surface area contributed by atoms with Crippen LogP contribution in [0.5, 0.6) is 0 Å². The third kappa shape index (κ3) is 4.23. The van der Waals surface area contributed by atoms with Crippen molar-refractivity contribution in [3.8, 4) is 0 Å². The molecule has 0 radical (unpaired) electrons. The lowest BCUT2D eigenvalue weighted by atomic mass is 9.78. The molecule has 3 nitrogen and oxygen atoms in total. The van der Waals surface area contributed by atoms with Crippen LogP contribution in [0.4, 0.5) is 0 Å². The molecule has 0 amide bonds. The molecule has 0 aromatic heterocycles. The van der Waals surface area contributed by atoms with E-state index in [0.717, 1.165) is 26.2 Å². The number of aliphatic hydroxyl groups is 1. The van der Waals surface area contributed by atoms with Crippen molar-refractivity contribution in [3.63, 3.8) is 0 Å². The molecule has 2 N–H and O–H groups in total. The van der Waals surface area contributed by atoms with Crippen LogP contribution >= 0.6 is 0 Å². The fourth-order valence-electron chi connectivity index (χ4n) is 2.58. The van der Waals surface area contributed by atoms with Gasteiger partial charge in [0.15, 0.2) is 0 Å². The minimum absolute atomic E-state index is 0.193. The van der Waals surface area contributed by atoms with Gasteiger partial charge in [-0.05, 0) is 44.2 Å². The number of nitrogens with zero attached hydrogens (tertiary/aromatic N) is 1. The zero-order valence-electron chi connectivity index (χ0n) is 11.4. The van der Waals surface area contributed by atoms with E-state index >= 15 is 0 Å². The second kappa shape index (κ2) is 5.68. The highest BCUT2D eigenvalue weighted by Crippen LogP contribution is 2.33. The third-order valence-corrected chi connectivity index (χ3v) is 4.61. The molecule has 1 aliphatic heterocycles. The predicted molar refractivity (Wildman–Crippen MR) is 71.1 cm³/mol. The number of piperidine rings is 1. The van der Waals surface area contributed by atoms with Crippen LogP contribution in [-0.2, 0) is 0 Å². The molecule has 3 heteroatoms. The number of hydrogen-bond donors (Lipinski definition) is 2. The number of hydrogen-bond acceptors (Lipinski definition) is 3. The van der Waals surface area contributed by atoms with Crippen molar-refractivity contribution in [1.82, 2.24) is 10.2 Å². The van der Waals surface area contributed by atoms with Crippen LogP contribution in [0, 0.1) is 5.41 Å². The second-order valence-electron chi connectivity index (χ2n) is 6.30. The molecule has 1 unspecified atom stereocenters. The van der Waals surface area contributed by atoms with Gasteiger partial charge in [-0.1, -0.05) is 20.3 Å². The van der Waals surface area contributed by atoms with E-state index in [1.165, 1.54) is 32.1 Å². The predicted octanol–water partition coefficient (Wildman–Crippen LogP) is 1.61. The molecule has 2 aliphatic rings. The van der Waals surface area contributed by atoms with E-state index < -0.39 is 0 Å². The van der Waals surface area contributed by atoms with Gasteiger partial charge in [0.25, 0.3) is 0 Å². The third-order valence-electron chi connectivity index (χ3n) is 4.61. The van der Waals surface area contributed by atoms with Crippen LogP contribution in [0.25, 0.3) is 0 Å². The summed E-state index contributed by atoms with van der Waals surface area (Å²) in [5.74, 6) is 0. The highest BCUT2D eigenvalue weighted by atomic mass is 16.3. The van der Waals surface area contributed by atoms with Crippen molar-refractivity contribution in [3.05, 3.63) is 0 Å². The summed E-state index contributed by atoms with van der Waals surface area (Å²) in [6.45, 7) is 8.63. The molecular formula is C14H28N2O. The van der Waals surface area contributed by atoms with Gasteiger partial charge in [-0.15, -0.1) is 0 Å². The molecule has 0 aromatic carbocycles. The summed E-state index contributed by atoms with van der Waals surface area (Å²) in [5, 5.41) is 13.4. The van der Waals surface area contributed by atoms with E-state index in [0.29, 0.717) is 11.5 Å². The van der Waals surface area contributed by atoms with Gasteiger partial charge in [0.05, 0.1) is 6.10 Å². The molecular weight excluding hydrogens is 212 g/mol. The molecule has 2 rings (SSSR count). The van der Waals surface area contributed by atoms with Gasteiger partial charge in [-0.25, -0.2) is 0 Å². The lowest BCUT2D eigenvalue weighted by Gasteiger charge is -2.39. The van der Waals surface area contributed by atoms with Crippen LogP contribution in [0.3, 0.4) is 0 Å². The molecule has 2 fully saturated rings. The van der Waals surface area contributed by atoms with Gasteiger partial charge in [-0.3, -0.25) is 0 Å². The standard InChI is InChI=1S/C14H28N2O/c1-3-14(2)6-8-16(9-7-14)11-13(17)10-15-12-4-5-12/h12-13,15,17H,3-11H2,1-2H3. The Bertz CT molecular complexity index is 232. The van der Waals surface area contributed by atoms with Crippen LogP contribution in [0.2, 0.25) is 0 Å². The largest absolute Gasteiger partial charge is 0.390 e. The molecule has 17 heavy (non-hydrogen) atoms.